The van der Waals surface area contributed by atoms with Crippen LogP contribution < -0.4 is 5.32 Å². The Kier molecular flexibility index (Phi) is 9.59. The highest BCUT2D eigenvalue weighted by Crippen LogP contribution is 2.37. The van der Waals surface area contributed by atoms with Crippen LogP contribution in [0.5, 0.6) is 0 Å². The largest absolute Gasteiger partial charge is 0.313 e. The van der Waals surface area contributed by atoms with Gasteiger partial charge in [0.05, 0.1) is 0 Å². The maximum Gasteiger partial charge on any atom is 0.0118 e. The van der Waals surface area contributed by atoms with E-state index in [-0.39, 0.29) is 0 Å². The molecule has 1 N–H and O–H groups in total. The maximum atomic E-state index is 3.80. The van der Waals surface area contributed by atoms with E-state index in [0.29, 0.717) is 5.41 Å². The molecule has 0 radical (unpaired) electrons. The Bertz CT molecular complexity index is 222. The van der Waals surface area contributed by atoms with Crippen molar-refractivity contribution in [3.05, 3.63) is 0 Å². The molecule has 1 heteroatoms. The Morgan fingerprint density at radius 2 is 1.40 bits per heavy atom. The zero-order valence-electron chi connectivity index (χ0n) is 14.5. The molecule has 0 amide bonds. The average Bonchev–Trinajstić information content (AvgIpc) is 2.75. The van der Waals surface area contributed by atoms with E-state index in [1.54, 1.807) is 0 Å². The normalized spacial score (nSPS) is 21.4. The van der Waals surface area contributed by atoms with E-state index in [0.717, 1.165) is 6.04 Å². The summed E-state index contributed by atoms with van der Waals surface area (Å²) in [5.41, 5.74) is 0.540. The van der Waals surface area contributed by atoms with Crippen LogP contribution in [0, 0.1) is 5.41 Å². The van der Waals surface area contributed by atoms with Gasteiger partial charge in [-0.3, -0.25) is 0 Å². The van der Waals surface area contributed by atoms with Gasteiger partial charge in [-0.1, -0.05) is 85.0 Å². The minimum absolute atomic E-state index is 0.540. The highest BCUT2D eigenvalue weighted by atomic mass is 14.9. The lowest BCUT2D eigenvalue weighted by Gasteiger charge is -2.28. The Morgan fingerprint density at radius 1 is 0.850 bits per heavy atom. The molecule has 1 fully saturated rings. The third-order valence-electron chi connectivity index (χ3n) is 5.18. The Morgan fingerprint density at radius 3 is 1.90 bits per heavy atom. The van der Waals surface area contributed by atoms with Gasteiger partial charge in [-0.2, -0.15) is 0 Å². The number of unbranched alkanes of at least 4 members (excludes halogenated alkanes) is 9. The van der Waals surface area contributed by atoms with Gasteiger partial charge in [0, 0.05) is 6.04 Å². The molecular weight excluding hydrogens is 242 g/mol. The number of nitrogens with one attached hydrogen (secondary N) is 1. The van der Waals surface area contributed by atoms with Crippen molar-refractivity contribution in [1.82, 2.24) is 5.32 Å². The lowest BCUT2D eigenvalue weighted by molar-refractivity contribution is 0.282. The first kappa shape index (κ1) is 18.0. The second-order valence-corrected chi connectivity index (χ2v) is 7.57. The quantitative estimate of drug-likeness (QED) is 0.428. The van der Waals surface area contributed by atoms with Crippen LogP contribution in [0.1, 0.15) is 104 Å². The molecule has 0 aromatic carbocycles. The molecule has 0 heterocycles. The highest BCUT2D eigenvalue weighted by molar-refractivity contribution is 4.89. The molecule has 1 nitrogen and oxygen atoms in total. The summed E-state index contributed by atoms with van der Waals surface area (Å²) in [6, 6.07) is 0.779. The van der Waals surface area contributed by atoms with Gasteiger partial charge in [0.15, 0.2) is 0 Å². The molecule has 1 unspecified atom stereocenters. The second-order valence-electron chi connectivity index (χ2n) is 7.57. The second kappa shape index (κ2) is 10.7. The van der Waals surface area contributed by atoms with Crippen molar-refractivity contribution in [1.29, 1.82) is 0 Å². The van der Waals surface area contributed by atoms with E-state index in [2.05, 4.69) is 26.1 Å². The van der Waals surface area contributed by atoms with E-state index in [9.17, 15) is 0 Å². The Labute approximate surface area is 128 Å². The molecule has 1 atom stereocenters. The SMILES string of the molecule is CCCCCCCCCCCCNC1CCCC1(C)C. The summed E-state index contributed by atoms with van der Waals surface area (Å²) in [6.45, 7) is 8.39. The van der Waals surface area contributed by atoms with E-state index in [1.165, 1.54) is 90.0 Å². The third kappa shape index (κ3) is 7.67. The maximum absolute atomic E-state index is 3.80. The monoisotopic (exact) mass is 281 g/mol. The molecule has 20 heavy (non-hydrogen) atoms. The molecule has 0 saturated heterocycles. The van der Waals surface area contributed by atoms with Gasteiger partial charge < -0.3 is 5.32 Å². The van der Waals surface area contributed by atoms with Crippen molar-refractivity contribution in [2.24, 2.45) is 5.41 Å². The van der Waals surface area contributed by atoms with Crippen molar-refractivity contribution in [2.75, 3.05) is 6.54 Å². The topological polar surface area (TPSA) is 12.0 Å². The van der Waals surface area contributed by atoms with Crippen LogP contribution in [0.15, 0.2) is 0 Å². The van der Waals surface area contributed by atoms with Gasteiger partial charge in [0.2, 0.25) is 0 Å². The molecule has 1 aliphatic rings. The average molecular weight is 282 g/mol. The molecule has 0 aromatic heterocycles. The zero-order valence-corrected chi connectivity index (χ0v) is 14.5. The van der Waals surface area contributed by atoms with E-state index >= 15 is 0 Å². The fourth-order valence-electron chi connectivity index (χ4n) is 3.59. The summed E-state index contributed by atoms with van der Waals surface area (Å²) in [6.07, 6.45) is 18.6. The van der Waals surface area contributed by atoms with Crippen molar-refractivity contribution in [3.8, 4) is 0 Å². The first-order valence-corrected chi connectivity index (χ1v) is 9.40. The molecule has 0 spiro atoms. The molecule has 1 rings (SSSR count). The van der Waals surface area contributed by atoms with Crippen LogP contribution in [0.4, 0.5) is 0 Å². The fraction of sp³-hybridized carbons (Fsp3) is 1.00. The molecule has 1 aliphatic carbocycles. The number of rotatable bonds is 12. The van der Waals surface area contributed by atoms with Crippen LogP contribution in [0.3, 0.4) is 0 Å². The minimum Gasteiger partial charge on any atom is -0.313 e. The molecule has 120 valence electrons. The van der Waals surface area contributed by atoms with Gasteiger partial charge >= 0.3 is 0 Å². The lowest BCUT2D eigenvalue weighted by atomic mass is 9.87. The summed E-state index contributed by atoms with van der Waals surface area (Å²) in [5.74, 6) is 0. The van der Waals surface area contributed by atoms with Crippen molar-refractivity contribution in [2.45, 2.75) is 110 Å². The van der Waals surface area contributed by atoms with E-state index < -0.39 is 0 Å². The predicted octanol–water partition coefficient (Wildman–Crippen LogP) is 6.08. The van der Waals surface area contributed by atoms with Gasteiger partial charge in [0.25, 0.3) is 0 Å². The van der Waals surface area contributed by atoms with Gasteiger partial charge in [-0.25, -0.2) is 0 Å². The number of hydrogen-bond donors (Lipinski definition) is 1. The standard InChI is InChI=1S/C19H39N/c1-4-5-6-7-8-9-10-11-12-13-17-20-18-15-14-16-19(18,2)3/h18,20H,4-17H2,1-3H3. The Balaban J connectivity index is 1.81. The summed E-state index contributed by atoms with van der Waals surface area (Å²) < 4.78 is 0. The summed E-state index contributed by atoms with van der Waals surface area (Å²) >= 11 is 0. The summed E-state index contributed by atoms with van der Waals surface area (Å²) in [4.78, 5) is 0. The molecule has 1 saturated carbocycles. The van der Waals surface area contributed by atoms with E-state index in [4.69, 9.17) is 0 Å². The number of hydrogen-bond acceptors (Lipinski definition) is 1. The van der Waals surface area contributed by atoms with Gasteiger partial charge in [-0.05, 0) is 31.2 Å². The molecular formula is C19H39N. The smallest absolute Gasteiger partial charge is 0.0118 e. The van der Waals surface area contributed by atoms with Crippen LogP contribution in [-0.4, -0.2) is 12.6 Å². The molecule has 0 aliphatic heterocycles. The third-order valence-corrected chi connectivity index (χ3v) is 5.18. The first-order chi connectivity index (χ1) is 9.67. The van der Waals surface area contributed by atoms with E-state index in [1.807, 2.05) is 0 Å². The fourth-order valence-corrected chi connectivity index (χ4v) is 3.59. The van der Waals surface area contributed by atoms with Crippen molar-refractivity contribution >= 4 is 0 Å². The van der Waals surface area contributed by atoms with Crippen LogP contribution >= 0.6 is 0 Å². The van der Waals surface area contributed by atoms with Gasteiger partial charge in [0.1, 0.15) is 0 Å². The lowest BCUT2D eigenvalue weighted by Crippen LogP contribution is -2.38. The summed E-state index contributed by atoms with van der Waals surface area (Å²) in [7, 11) is 0. The van der Waals surface area contributed by atoms with Gasteiger partial charge in [-0.15, -0.1) is 0 Å². The predicted molar refractivity (Wildman–Crippen MR) is 91.3 cm³/mol. The molecule has 0 bridgehead atoms. The Hall–Kier alpha value is -0.0400. The first-order valence-electron chi connectivity index (χ1n) is 9.40. The van der Waals surface area contributed by atoms with Crippen molar-refractivity contribution < 1.29 is 0 Å². The van der Waals surface area contributed by atoms with Crippen LogP contribution in [-0.2, 0) is 0 Å². The molecule has 0 aromatic rings. The van der Waals surface area contributed by atoms with Crippen LogP contribution in [0.25, 0.3) is 0 Å². The van der Waals surface area contributed by atoms with Crippen LogP contribution in [0.2, 0.25) is 0 Å². The zero-order chi connectivity index (χ0) is 14.7. The highest BCUT2D eigenvalue weighted by Gasteiger charge is 2.33. The van der Waals surface area contributed by atoms with Crippen molar-refractivity contribution in [3.63, 3.8) is 0 Å². The summed E-state index contributed by atoms with van der Waals surface area (Å²) in [5, 5.41) is 3.80. The minimum atomic E-state index is 0.540.